The van der Waals surface area contributed by atoms with E-state index in [4.69, 9.17) is 0 Å². The van der Waals surface area contributed by atoms with Gasteiger partial charge in [-0.3, -0.25) is 0 Å². The molecule has 0 spiro atoms. The molecule has 0 amide bonds. The summed E-state index contributed by atoms with van der Waals surface area (Å²) in [5, 5.41) is 9.37. The molecular formula is C14H26O. The lowest BCUT2D eigenvalue weighted by Gasteiger charge is -2.45. The molecule has 2 saturated carbocycles. The summed E-state index contributed by atoms with van der Waals surface area (Å²) in [7, 11) is 0. The lowest BCUT2D eigenvalue weighted by atomic mass is 9.60. The van der Waals surface area contributed by atoms with E-state index in [2.05, 4.69) is 20.8 Å². The molecule has 2 fully saturated rings. The van der Waals surface area contributed by atoms with Crippen LogP contribution in [-0.4, -0.2) is 11.7 Å². The van der Waals surface area contributed by atoms with Gasteiger partial charge in [-0.1, -0.05) is 27.2 Å². The molecule has 2 aliphatic rings. The molecule has 0 saturated heterocycles. The Hall–Kier alpha value is -0.0400. The van der Waals surface area contributed by atoms with E-state index < -0.39 is 0 Å². The van der Waals surface area contributed by atoms with E-state index in [-0.39, 0.29) is 0 Å². The largest absolute Gasteiger partial charge is 0.396 e. The van der Waals surface area contributed by atoms with E-state index in [1.807, 2.05) is 0 Å². The highest BCUT2D eigenvalue weighted by molar-refractivity contribution is 4.99. The smallest absolute Gasteiger partial charge is 0.0459 e. The molecule has 0 unspecified atom stereocenters. The molecular weight excluding hydrogens is 184 g/mol. The minimum atomic E-state index is 0.376. The summed E-state index contributed by atoms with van der Waals surface area (Å²) >= 11 is 0. The number of hydrogen-bond donors (Lipinski definition) is 1. The fraction of sp³-hybridized carbons (Fsp3) is 1.00. The highest BCUT2D eigenvalue weighted by Gasteiger charge is 2.50. The lowest BCUT2D eigenvalue weighted by Crippen LogP contribution is -2.38. The van der Waals surface area contributed by atoms with Crippen molar-refractivity contribution in [3.05, 3.63) is 0 Å². The molecule has 1 nitrogen and oxygen atoms in total. The molecule has 0 radical (unpaired) electrons. The minimum Gasteiger partial charge on any atom is -0.396 e. The fourth-order valence-electron chi connectivity index (χ4n) is 4.54. The summed E-state index contributed by atoms with van der Waals surface area (Å²) in [5.41, 5.74) is 0.541. The van der Waals surface area contributed by atoms with Gasteiger partial charge in [-0.05, 0) is 54.8 Å². The molecule has 0 heterocycles. The molecule has 15 heavy (non-hydrogen) atoms. The van der Waals surface area contributed by atoms with Gasteiger partial charge in [0, 0.05) is 6.61 Å². The van der Waals surface area contributed by atoms with E-state index in [1.165, 1.54) is 32.1 Å². The van der Waals surface area contributed by atoms with Gasteiger partial charge >= 0.3 is 0 Å². The maximum atomic E-state index is 9.37. The molecule has 0 bridgehead atoms. The van der Waals surface area contributed by atoms with Crippen LogP contribution in [0.4, 0.5) is 0 Å². The zero-order valence-electron chi connectivity index (χ0n) is 10.5. The summed E-state index contributed by atoms with van der Waals surface area (Å²) in [5.74, 6) is 3.13. The first kappa shape index (κ1) is 11.4. The van der Waals surface area contributed by atoms with Crippen LogP contribution in [0.15, 0.2) is 0 Å². The zero-order chi connectivity index (χ0) is 11.1. The Bertz CT molecular complexity index is 225. The maximum absolute atomic E-state index is 9.37. The second-order valence-corrected chi connectivity index (χ2v) is 6.43. The molecule has 0 aromatic carbocycles. The average molecular weight is 210 g/mol. The van der Waals surface area contributed by atoms with E-state index in [1.54, 1.807) is 0 Å². The van der Waals surface area contributed by atoms with Crippen LogP contribution in [0, 0.1) is 29.1 Å². The van der Waals surface area contributed by atoms with Crippen LogP contribution >= 0.6 is 0 Å². The first-order valence-corrected chi connectivity index (χ1v) is 6.68. The van der Waals surface area contributed by atoms with Gasteiger partial charge in [0.25, 0.3) is 0 Å². The Morgan fingerprint density at radius 3 is 2.60 bits per heavy atom. The normalized spacial score (nSPS) is 47.6. The summed E-state index contributed by atoms with van der Waals surface area (Å²) in [4.78, 5) is 0. The first-order chi connectivity index (χ1) is 7.08. The van der Waals surface area contributed by atoms with Crippen molar-refractivity contribution < 1.29 is 5.11 Å². The van der Waals surface area contributed by atoms with Crippen molar-refractivity contribution >= 4 is 0 Å². The highest BCUT2D eigenvalue weighted by Crippen LogP contribution is 2.58. The average Bonchev–Trinajstić information content (AvgIpc) is 2.52. The van der Waals surface area contributed by atoms with Crippen molar-refractivity contribution in [3.63, 3.8) is 0 Å². The van der Waals surface area contributed by atoms with Gasteiger partial charge in [0.1, 0.15) is 0 Å². The van der Waals surface area contributed by atoms with Crippen LogP contribution in [0.1, 0.15) is 52.9 Å². The Labute approximate surface area is 94.3 Å². The van der Waals surface area contributed by atoms with Crippen LogP contribution in [0.25, 0.3) is 0 Å². The van der Waals surface area contributed by atoms with Gasteiger partial charge < -0.3 is 5.11 Å². The van der Waals surface area contributed by atoms with Crippen LogP contribution in [0.5, 0.6) is 0 Å². The fourth-order valence-corrected chi connectivity index (χ4v) is 4.54. The summed E-state index contributed by atoms with van der Waals surface area (Å²) in [6.07, 6.45) is 7.04. The van der Waals surface area contributed by atoms with Gasteiger partial charge in [0.05, 0.1) is 0 Å². The Morgan fingerprint density at radius 2 is 1.93 bits per heavy atom. The van der Waals surface area contributed by atoms with Crippen molar-refractivity contribution in [2.45, 2.75) is 52.9 Å². The van der Waals surface area contributed by atoms with Crippen molar-refractivity contribution in [2.75, 3.05) is 6.61 Å². The SMILES string of the molecule is C[C@@H]1CC[C@@H]2CC[C@H]([C@H](C)CO)[C@]2(C)C1. The summed E-state index contributed by atoms with van der Waals surface area (Å²) in [6.45, 7) is 7.51. The van der Waals surface area contributed by atoms with E-state index >= 15 is 0 Å². The van der Waals surface area contributed by atoms with Crippen LogP contribution < -0.4 is 0 Å². The summed E-state index contributed by atoms with van der Waals surface area (Å²) < 4.78 is 0. The van der Waals surface area contributed by atoms with E-state index in [9.17, 15) is 5.11 Å². The molecule has 88 valence electrons. The second kappa shape index (κ2) is 4.08. The molecule has 1 N–H and O–H groups in total. The minimum absolute atomic E-state index is 0.376. The molecule has 5 atom stereocenters. The third-order valence-electron chi connectivity index (χ3n) is 5.38. The van der Waals surface area contributed by atoms with Crippen LogP contribution in [0.2, 0.25) is 0 Å². The number of fused-ring (bicyclic) bond motifs is 1. The van der Waals surface area contributed by atoms with Gasteiger partial charge in [0.15, 0.2) is 0 Å². The third-order valence-corrected chi connectivity index (χ3v) is 5.38. The second-order valence-electron chi connectivity index (χ2n) is 6.43. The lowest BCUT2D eigenvalue weighted by molar-refractivity contribution is 0.0286. The zero-order valence-corrected chi connectivity index (χ0v) is 10.5. The Kier molecular flexibility index (Phi) is 3.12. The van der Waals surface area contributed by atoms with Crippen molar-refractivity contribution in [2.24, 2.45) is 29.1 Å². The molecule has 0 aromatic rings. The first-order valence-electron chi connectivity index (χ1n) is 6.68. The molecule has 2 aliphatic carbocycles. The van der Waals surface area contributed by atoms with Crippen LogP contribution in [0.3, 0.4) is 0 Å². The molecule has 1 heteroatoms. The predicted molar refractivity (Wildman–Crippen MR) is 63.6 cm³/mol. The van der Waals surface area contributed by atoms with E-state index in [0.29, 0.717) is 17.9 Å². The van der Waals surface area contributed by atoms with Gasteiger partial charge in [-0.25, -0.2) is 0 Å². The van der Waals surface area contributed by atoms with Gasteiger partial charge in [-0.15, -0.1) is 0 Å². The quantitative estimate of drug-likeness (QED) is 0.740. The molecule has 0 aliphatic heterocycles. The Balaban J connectivity index is 2.15. The number of aliphatic hydroxyl groups excluding tert-OH is 1. The van der Waals surface area contributed by atoms with Crippen molar-refractivity contribution in [3.8, 4) is 0 Å². The van der Waals surface area contributed by atoms with Gasteiger partial charge in [0.2, 0.25) is 0 Å². The number of hydrogen-bond acceptors (Lipinski definition) is 1. The third kappa shape index (κ3) is 1.84. The van der Waals surface area contributed by atoms with Crippen molar-refractivity contribution in [1.82, 2.24) is 0 Å². The Morgan fingerprint density at radius 1 is 1.27 bits per heavy atom. The number of aliphatic hydroxyl groups is 1. The monoisotopic (exact) mass is 210 g/mol. The maximum Gasteiger partial charge on any atom is 0.0459 e. The van der Waals surface area contributed by atoms with E-state index in [0.717, 1.165) is 17.8 Å². The van der Waals surface area contributed by atoms with Crippen molar-refractivity contribution in [1.29, 1.82) is 0 Å². The van der Waals surface area contributed by atoms with Crippen LogP contribution in [-0.2, 0) is 0 Å². The molecule has 0 aromatic heterocycles. The standard InChI is InChI=1S/C14H26O/c1-10-4-5-12-6-7-13(11(2)9-15)14(12,3)8-10/h10-13,15H,4-9H2,1-3H3/t10-,11-,12-,13-,14-/m1/s1. The highest BCUT2D eigenvalue weighted by atomic mass is 16.3. The topological polar surface area (TPSA) is 20.2 Å². The van der Waals surface area contributed by atoms with Gasteiger partial charge in [-0.2, -0.15) is 0 Å². The number of rotatable bonds is 2. The summed E-state index contributed by atoms with van der Waals surface area (Å²) in [6, 6.07) is 0. The molecule has 2 rings (SSSR count). The predicted octanol–water partition coefficient (Wildman–Crippen LogP) is 3.47.